The summed E-state index contributed by atoms with van der Waals surface area (Å²) in [5.41, 5.74) is 1.14. The molecule has 2 rings (SSSR count). The van der Waals surface area contributed by atoms with Gasteiger partial charge in [-0.3, -0.25) is 9.59 Å². The van der Waals surface area contributed by atoms with Gasteiger partial charge in [-0.25, -0.2) is 4.39 Å². The fourth-order valence-electron chi connectivity index (χ4n) is 1.88. The lowest BCUT2D eigenvalue weighted by atomic mass is 10.1. The molecule has 2 aromatic rings. The van der Waals surface area contributed by atoms with Crippen LogP contribution in [0.5, 0.6) is 0 Å². The Morgan fingerprint density at radius 3 is 2.57 bits per heavy atom. The van der Waals surface area contributed by atoms with Gasteiger partial charge in [0.25, 0.3) is 0 Å². The van der Waals surface area contributed by atoms with E-state index in [0.717, 1.165) is 0 Å². The maximum atomic E-state index is 13.6. The third-order valence-corrected chi connectivity index (χ3v) is 3.31. The van der Waals surface area contributed by atoms with Gasteiger partial charge in [-0.2, -0.15) is 0 Å². The molecule has 3 nitrogen and oxygen atoms in total. The topological polar surface area (TPSA) is 46.2 Å². The van der Waals surface area contributed by atoms with Crippen LogP contribution in [-0.2, 0) is 11.2 Å². The van der Waals surface area contributed by atoms with E-state index >= 15 is 0 Å². The first kappa shape index (κ1) is 15.2. The number of nitrogens with one attached hydrogen (secondary N) is 1. The number of anilines is 1. The lowest BCUT2D eigenvalue weighted by Gasteiger charge is -2.08. The van der Waals surface area contributed by atoms with E-state index < -0.39 is 11.7 Å². The Kier molecular flexibility index (Phi) is 4.70. The van der Waals surface area contributed by atoms with Crippen molar-refractivity contribution in [1.82, 2.24) is 0 Å². The molecule has 0 heterocycles. The van der Waals surface area contributed by atoms with Gasteiger partial charge in [0.05, 0.1) is 6.42 Å². The van der Waals surface area contributed by atoms with Crippen molar-refractivity contribution in [3.05, 3.63) is 64.4 Å². The van der Waals surface area contributed by atoms with E-state index in [-0.39, 0.29) is 22.8 Å². The Labute approximate surface area is 126 Å². The summed E-state index contributed by atoms with van der Waals surface area (Å²) < 4.78 is 13.6. The van der Waals surface area contributed by atoms with Gasteiger partial charge in [-0.1, -0.05) is 29.8 Å². The SMILES string of the molecule is CC(=O)c1cccc(NC(=O)Cc2c(F)cccc2Cl)c1. The van der Waals surface area contributed by atoms with Crippen molar-refractivity contribution in [2.45, 2.75) is 13.3 Å². The van der Waals surface area contributed by atoms with Gasteiger partial charge in [-0.05, 0) is 31.2 Å². The van der Waals surface area contributed by atoms with Gasteiger partial charge in [0.15, 0.2) is 5.78 Å². The predicted molar refractivity (Wildman–Crippen MR) is 80.2 cm³/mol. The number of benzene rings is 2. The molecule has 0 radical (unpaired) electrons. The van der Waals surface area contributed by atoms with Gasteiger partial charge in [0.1, 0.15) is 5.82 Å². The van der Waals surface area contributed by atoms with Gasteiger partial charge >= 0.3 is 0 Å². The van der Waals surface area contributed by atoms with Crippen molar-refractivity contribution < 1.29 is 14.0 Å². The molecule has 21 heavy (non-hydrogen) atoms. The third kappa shape index (κ3) is 3.89. The monoisotopic (exact) mass is 305 g/mol. The second kappa shape index (κ2) is 6.50. The van der Waals surface area contributed by atoms with E-state index in [0.29, 0.717) is 11.3 Å². The molecule has 0 bridgehead atoms. The molecule has 0 saturated carbocycles. The molecular formula is C16H13ClFNO2. The third-order valence-electron chi connectivity index (χ3n) is 2.95. The minimum absolute atomic E-state index is 0.0942. The Balaban J connectivity index is 2.12. The van der Waals surface area contributed by atoms with Crippen LogP contribution in [0.1, 0.15) is 22.8 Å². The Morgan fingerprint density at radius 1 is 1.19 bits per heavy atom. The van der Waals surface area contributed by atoms with Gasteiger partial charge in [0.2, 0.25) is 5.91 Å². The fourth-order valence-corrected chi connectivity index (χ4v) is 2.11. The van der Waals surface area contributed by atoms with E-state index in [1.807, 2.05) is 0 Å². The highest BCUT2D eigenvalue weighted by Crippen LogP contribution is 2.20. The summed E-state index contributed by atoms with van der Waals surface area (Å²) >= 11 is 5.88. The van der Waals surface area contributed by atoms with Crippen LogP contribution in [0.2, 0.25) is 5.02 Å². The molecule has 0 spiro atoms. The molecule has 0 aliphatic heterocycles. The summed E-state index contributed by atoms with van der Waals surface area (Å²) in [4.78, 5) is 23.2. The molecule has 0 saturated heterocycles. The highest BCUT2D eigenvalue weighted by atomic mass is 35.5. The van der Waals surface area contributed by atoms with Crippen LogP contribution in [0.3, 0.4) is 0 Å². The molecule has 1 amide bonds. The molecule has 0 fully saturated rings. The first-order chi connectivity index (χ1) is 9.97. The minimum Gasteiger partial charge on any atom is -0.326 e. The van der Waals surface area contributed by atoms with Gasteiger partial charge < -0.3 is 5.32 Å². The average Bonchev–Trinajstić information content (AvgIpc) is 2.43. The summed E-state index contributed by atoms with van der Waals surface area (Å²) in [7, 11) is 0. The number of ketones is 1. The number of Topliss-reactive ketones (excluding diaryl/α,β-unsaturated/α-hetero) is 1. The number of carbonyl (C=O) groups excluding carboxylic acids is 2. The highest BCUT2D eigenvalue weighted by Gasteiger charge is 2.12. The van der Waals surface area contributed by atoms with Crippen LogP contribution in [0.4, 0.5) is 10.1 Å². The van der Waals surface area contributed by atoms with Crippen LogP contribution >= 0.6 is 11.6 Å². The van der Waals surface area contributed by atoms with Crippen molar-refractivity contribution in [3.8, 4) is 0 Å². The number of rotatable bonds is 4. The molecule has 0 aromatic heterocycles. The van der Waals surface area contributed by atoms with Gasteiger partial charge in [0, 0.05) is 21.8 Å². The van der Waals surface area contributed by atoms with E-state index in [9.17, 15) is 14.0 Å². The van der Waals surface area contributed by atoms with E-state index in [2.05, 4.69) is 5.32 Å². The second-order valence-corrected chi connectivity index (χ2v) is 4.97. The largest absolute Gasteiger partial charge is 0.326 e. The lowest BCUT2D eigenvalue weighted by molar-refractivity contribution is -0.115. The van der Waals surface area contributed by atoms with Crippen molar-refractivity contribution >= 4 is 29.0 Å². The molecule has 0 aliphatic carbocycles. The Bertz CT molecular complexity index is 680. The zero-order chi connectivity index (χ0) is 15.4. The normalized spacial score (nSPS) is 10.2. The van der Waals surface area contributed by atoms with Crippen LogP contribution in [0.25, 0.3) is 0 Å². The summed E-state index contributed by atoms with van der Waals surface area (Å²) in [5.74, 6) is -1.01. The number of carbonyl (C=O) groups is 2. The van der Waals surface area contributed by atoms with Crippen LogP contribution < -0.4 is 5.32 Å². The summed E-state index contributed by atoms with van der Waals surface area (Å²) in [6, 6.07) is 10.8. The molecular weight excluding hydrogens is 293 g/mol. The zero-order valence-corrected chi connectivity index (χ0v) is 12.1. The number of hydrogen-bond acceptors (Lipinski definition) is 2. The van der Waals surface area contributed by atoms with Crippen LogP contribution in [-0.4, -0.2) is 11.7 Å². The zero-order valence-electron chi connectivity index (χ0n) is 11.3. The predicted octanol–water partition coefficient (Wildman–Crippen LogP) is 3.86. The summed E-state index contributed by atoms with van der Waals surface area (Å²) in [6.45, 7) is 1.44. The fraction of sp³-hybridized carbons (Fsp3) is 0.125. The first-order valence-electron chi connectivity index (χ1n) is 6.31. The molecule has 0 unspecified atom stereocenters. The van der Waals surface area contributed by atoms with E-state index in [1.54, 1.807) is 24.3 Å². The Morgan fingerprint density at radius 2 is 1.90 bits per heavy atom. The number of amides is 1. The second-order valence-electron chi connectivity index (χ2n) is 4.56. The van der Waals surface area contributed by atoms with Crippen molar-refractivity contribution in [3.63, 3.8) is 0 Å². The molecule has 108 valence electrons. The van der Waals surface area contributed by atoms with Gasteiger partial charge in [-0.15, -0.1) is 0 Å². The molecule has 0 aliphatic rings. The van der Waals surface area contributed by atoms with E-state index in [1.165, 1.54) is 25.1 Å². The van der Waals surface area contributed by atoms with Crippen molar-refractivity contribution in [1.29, 1.82) is 0 Å². The number of hydrogen-bond donors (Lipinski definition) is 1. The maximum Gasteiger partial charge on any atom is 0.228 e. The number of halogens is 2. The average molecular weight is 306 g/mol. The lowest BCUT2D eigenvalue weighted by Crippen LogP contribution is -2.15. The smallest absolute Gasteiger partial charge is 0.228 e. The van der Waals surface area contributed by atoms with Crippen LogP contribution in [0.15, 0.2) is 42.5 Å². The summed E-state index contributed by atoms with van der Waals surface area (Å²) in [5, 5.41) is 2.83. The first-order valence-corrected chi connectivity index (χ1v) is 6.69. The van der Waals surface area contributed by atoms with Crippen molar-refractivity contribution in [2.75, 3.05) is 5.32 Å². The molecule has 0 atom stereocenters. The standard InChI is InChI=1S/C16H13ClFNO2/c1-10(20)11-4-2-5-12(8-11)19-16(21)9-13-14(17)6-3-7-15(13)18/h2-8H,9H2,1H3,(H,19,21). The maximum absolute atomic E-state index is 13.6. The highest BCUT2D eigenvalue weighted by molar-refractivity contribution is 6.31. The van der Waals surface area contributed by atoms with Crippen LogP contribution in [0, 0.1) is 5.82 Å². The molecule has 5 heteroatoms. The quantitative estimate of drug-likeness (QED) is 0.872. The minimum atomic E-state index is -0.518. The Hall–Kier alpha value is -2.20. The van der Waals surface area contributed by atoms with E-state index in [4.69, 9.17) is 11.6 Å². The molecule has 1 N–H and O–H groups in total. The van der Waals surface area contributed by atoms with Crippen molar-refractivity contribution in [2.24, 2.45) is 0 Å². The summed E-state index contributed by atoms with van der Waals surface area (Å²) in [6.07, 6.45) is -0.171. The molecule has 2 aromatic carbocycles.